The van der Waals surface area contributed by atoms with E-state index in [1.54, 1.807) is 43.5 Å². The average molecular weight is 631 g/mol. The van der Waals surface area contributed by atoms with Crippen LogP contribution in [0.25, 0.3) is 0 Å². The van der Waals surface area contributed by atoms with Crippen LogP contribution in [0.5, 0.6) is 0 Å². The summed E-state index contributed by atoms with van der Waals surface area (Å²) >= 11 is 0. The Bertz CT molecular complexity index is 1520. The number of carbonyl (C=O) groups excluding carboxylic acids is 3. The van der Waals surface area contributed by atoms with Crippen molar-refractivity contribution in [3.8, 4) is 0 Å². The van der Waals surface area contributed by atoms with Crippen molar-refractivity contribution in [1.29, 1.82) is 0 Å². The number of anilines is 2. The number of carbonyl (C=O) groups is 3. The highest BCUT2D eigenvalue weighted by molar-refractivity contribution is 5.88. The van der Waals surface area contributed by atoms with E-state index in [9.17, 15) is 32.3 Å². The maximum absolute atomic E-state index is 13.1. The van der Waals surface area contributed by atoms with Gasteiger partial charge in [0.2, 0.25) is 0 Å². The lowest BCUT2D eigenvalue weighted by Crippen LogP contribution is -2.44. The fourth-order valence-corrected chi connectivity index (χ4v) is 4.90. The smallest absolute Gasteiger partial charge is 0.445 e. The van der Waals surface area contributed by atoms with Gasteiger partial charge in [0.05, 0.1) is 12.5 Å². The molecular weight excluding hydrogens is 597 g/mol. The number of ether oxygens (including phenoxy) is 2. The number of esters is 2. The van der Waals surface area contributed by atoms with Crippen LogP contribution in [0, 0.1) is 6.92 Å². The summed E-state index contributed by atoms with van der Waals surface area (Å²) in [4.78, 5) is 57.4. The number of pyridine rings is 1. The van der Waals surface area contributed by atoms with E-state index in [0.29, 0.717) is 16.9 Å². The number of nitrogens with one attached hydrogen (secondary N) is 3. The monoisotopic (exact) mass is 630 g/mol. The zero-order valence-electron chi connectivity index (χ0n) is 24.4. The van der Waals surface area contributed by atoms with E-state index in [-0.39, 0.29) is 25.2 Å². The molecule has 3 unspecified atom stereocenters. The van der Waals surface area contributed by atoms with E-state index >= 15 is 0 Å². The van der Waals surface area contributed by atoms with Crippen molar-refractivity contribution in [3.63, 3.8) is 0 Å². The molecule has 1 aliphatic carbocycles. The number of hydrogen-bond donors (Lipinski definition) is 3. The zero-order chi connectivity index (χ0) is 32.4. The number of alkyl carbamates (subject to hydrolysis) is 1. The van der Waals surface area contributed by atoms with Gasteiger partial charge in [-0.15, -0.1) is 0 Å². The SMILES string of the molecule is Cc1cn(CC(CC(=O)OC(=O)C(F)(F)F)NC(=O)OCc2ccccc2)c(=O)nc1NC1CCCCC1Nc1ccccn1. The maximum atomic E-state index is 13.1. The van der Waals surface area contributed by atoms with E-state index in [0.717, 1.165) is 36.1 Å². The summed E-state index contributed by atoms with van der Waals surface area (Å²) in [7, 11) is 0. The normalized spacial score (nSPS) is 17.1. The molecule has 0 bridgehead atoms. The molecule has 3 atom stereocenters. The van der Waals surface area contributed by atoms with Gasteiger partial charge < -0.3 is 25.4 Å². The summed E-state index contributed by atoms with van der Waals surface area (Å²) in [5.41, 5.74) is 0.489. The van der Waals surface area contributed by atoms with Gasteiger partial charge >= 0.3 is 29.9 Å². The standard InChI is InChI=1S/C30H33F3N6O6/c1-19-16-39(28(42)38-26(19)37-23-12-6-5-11-22(23)36-24-13-7-8-14-34-24)17-21(15-25(40)45-27(41)30(31,32)33)35-29(43)44-18-20-9-3-2-4-10-20/h2-4,7-10,13-14,16,21-23H,5-6,11-12,15,17-18H2,1H3,(H,34,36)(H,35,43)(H,37,38,42). The molecule has 2 heterocycles. The topological polar surface area (TPSA) is 154 Å². The summed E-state index contributed by atoms with van der Waals surface area (Å²) < 4.78 is 48.0. The second-order valence-corrected chi connectivity index (χ2v) is 10.6. The van der Waals surface area contributed by atoms with Crippen molar-refractivity contribution >= 4 is 29.7 Å². The lowest BCUT2D eigenvalue weighted by molar-refractivity contribution is -0.202. The highest BCUT2D eigenvalue weighted by Gasteiger charge is 2.42. The third kappa shape index (κ3) is 10.0. The predicted octanol–water partition coefficient (Wildman–Crippen LogP) is 4.10. The minimum atomic E-state index is -5.39. The zero-order valence-corrected chi connectivity index (χ0v) is 24.4. The number of amides is 1. The second-order valence-electron chi connectivity index (χ2n) is 10.6. The number of alkyl halides is 3. The first-order chi connectivity index (χ1) is 21.5. The summed E-state index contributed by atoms with van der Waals surface area (Å²) in [6, 6.07) is 12.9. The molecule has 0 spiro atoms. The molecule has 0 saturated heterocycles. The Hall–Kier alpha value is -4.95. The molecule has 1 amide bonds. The lowest BCUT2D eigenvalue weighted by atomic mass is 9.90. The van der Waals surface area contributed by atoms with Gasteiger partial charge in [0.15, 0.2) is 0 Å². The summed E-state index contributed by atoms with van der Waals surface area (Å²) in [6.45, 7) is 1.20. The Labute approximate surface area is 256 Å². The van der Waals surface area contributed by atoms with E-state index in [2.05, 4.69) is 30.7 Å². The molecule has 3 N–H and O–H groups in total. The van der Waals surface area contributed by atoms with Crippen LogP contribution in [-0.2, 0) is 32.2 Å². The van der Waals surface area contributed by atoms with Crippen LogP contribution in [0.3, 0.4) is 0 Å². The van der Waals surface area contributed by atoms with Gasteiger partial charge in [-0.05, 0) is 37.5 Å². The van der Waals surface area contributed by atoms with Crippen molar-refractivity contribution in [3.05, 3.63) is 82.5 Å². The molecule has 3 aromatic rings. The molecule has 1 aliphatic rings. The van der Waals surface area contributed by atoms with Gasteiger partial charge in [0.1, 0.15) is 18.2 Å². The molecule has 15 heteroatoms. The minimum Gasteiger partial charge on any atom is -0.445 e. The quantitative estimate of drug-likeness (QED) is 0.209. The van der Waals surface area contributed by atoms with Gasteiger partial charge in [0.25, 0.3) is 0 Å². The highest BCUT2D eigenvalue weighted by atomic mass is 19.4. The lowest BCUT2D eigenvalue weighted by Gasteiger charge is -2.33. The maximum Gasteiger partial charge on any atom is 0.491 e. The Balaban J connectivity index is 1.46. The summed E-state index contributed by atoms with van der Waals surface area (Å²) in [5.74, 6) is -3.17. The summed E-state index contributed by atoms with van der Waals surface area (Å²) in [6.07, 6.45) is -0.399. The van der Waals surface area contributed by atoms with Crippen molar-refractivity contribution < 1.29 is 37.0 Å². The molecule has 1 aromatic carbocycles. The first-order valence-electron chi connectivity index (χ1n) is 14.3. The molecular formula is C30H33F3N6O6. The second kappa shape index (κ2) is 15.2. The van der Waals surface area contributed by atoms with E-state index in [1.807, 2.05) is 18.2 Å². The minimum absolute atomic E-state index is 0.0261. The molecule has 12 nitrogen and oxygen atoms in total. The van der Waals surface area contributed by atoms with Crippen LogP contribution in [0.2, 0.25) is 0 Å². The van der Waals surface area contributed by atoms with Gasteiger partial charge in [-0.25, -0.2) is 19.4 Å². The third-order valence-corrected chi connectivity index (χ3v) is 7.07. The molecule has 0 aliphatic heterocycles. The number of benzene rings is 1. The van der Waals surface area contributed by atoms with Crippen LogP contribution in [0.1, 0.15) is 43.2 Å². The number of aryl methyl sites for hydroxylation is 1. The molecule has 45 heavy (non-hydrogen) atoms. The highest BCUT2D eigenvalue weighted by Crippen LogP contribution is 2.25. The van der Waals surface area contributed by atoms with E-state index in [4.69, 9.17) is 4.74 Å². The van der Waals surface area contributed by atoms with Crippen molar-refractivity contribution in [1.82, 2.24) is 19.9 Å². The van der Waals surface area contributed by atoms with Crippen LogP contribution in [0.15, 0.2) is 65.7 Å². The largest absolute Gasteiger partial charge is 0.491 e. The van der Waals surface area contributed by atoms with Gasteiger partial charge in [-0.3, -0.25) is 9.36 Å². The van der Waals surface area contributed by atoms with Crippen LogP contribution < -0.4 is 21.6 Å². The Morgan fingerprint density at radius 2 is 1.71 bits per heavy atom. The van der Waals surface area contributed by atoms with Gasteiger partial charge in [-0.2, -0.15) is 18.2 Å². The molecule has 4 rings (SSSR count). The molecule has 1 fully saturated rings. The van der Waals surface area contributed by atoms with Crippen LogP contribution in [-0.4, -0.2) is 56.9 Å². The Kier molecular flexibility index (Phi) is 11.1. The first kappa shape index (κ1) is 33.0. The summed E-state index contributed by atoms with van der Waals surface area (Å²) in [5, 5.41) is 9.14. The van der Waals surface area contributed by atoms with Crippen molar-refractivity contribution in [2.75, 3.05) is 10.6 Å². The Morgan fingerprint density at radius 1 is 1.02 bits per heavy atom. The first-order valence-corrected chi connectivity index (χ1v) is 14.3. The number of halogens is 3. The molecule has 2 aromatic heterocycles. The Morgan fingerprint density at radius 3 is 2.38 bits per heavy atom. The number of aromatic nitrogens is 3. The molecule has 240 valence electrons. The van der Waals surface area contributed by atoms with Gasteiger partial charge in [0, 0.05) is 36.6 Å². The predicted molar refractivity (Wildman–Crippen MR) is 156 cm³/mol. The molecule has 0 radical (unpaired) electrons. The fraction of sp³-hybridized carbons (Fsp3) is 0.400. The number of rotatable bonds is 11. The number of nitrogens with zero attached hydrogens (tertiary/aromatic N) is 3. The fourth-order valence-electron chi connectivity index (χ4n) is 4.90. The van der Waals surface area contributed by atoms with Crippen molar-refractivity contribution in [2.24, 2.45) is 0 Å². The van der Waals surface area contributed by atoms with Gasteiger partial charge in [-0.1, -0.05) is 49.2 Å². The number of hydrogen-bond acceptors (Lipinski definition) is 10. The van der Waals surface area contributed by atoms with E-state index in [1.165, 1.54) is 6.20 Å². The van der Waals surface area contributed by atoms with Crippen LogP contribution in [0.4, 0.5) is 29.6 Å². The van der Waals surface area contributed by atoms with Crippen LogP contribution >= 0.6 is 0 Å². The average Bonchev–Trinajstić information content (AvgIpc) is 3.00. The van der Waals surface area contributed by atoms with Crippen molar-refractivity contribution in [2.45, 2.75) is 76.5 Å². The van der Waals surface area contributed by atoms with E-state index < -0.39 is 42.4 Å². The molecule has 1 saturated carbocycles. The third-order valence-electron chi connectivity index (χ3n) is 7.07.